The lowest BCUT2D eigenvalue weighted by molar-refractivity contribution is 0.647. The minimum atomic E-state index is 0.135. The second-order valence-corrected chi connectivity index (χ2v) is 6.28. The van der Waals surface area contributed by atoms with Crippen molar-refractivity contribution in [2.45, 2.75) is 32.7 Å². The van der Waals surface area contributed by atoms with Crippen LogP contribution >= 0.6 is 0 Å². The third kappa shape index (κ3) is 2.73. The molecule has 1 fully saturated rings. The third-order valence-corrected chi connectivity index (χ3v) is 4.28. The molecule has 0 unspecified atom stereocenters. The Balaban J connectivity index is 2.13. The number of hydrogen-bond donors (Lipinski definition) is 2. The summed E-state index contributed by atoms with van der Waals surface area (Å²) in [7, 11) is 0. The molecule has 110 valence electrons. The molecule has 0 aliphatic heterocycles. The normalized spacial score (nSPS) is 14.6. The molecule has 0 radical (unpaired) electrons. The lowest BCUT2D eigenvalue weighted by Crippen LogP contribution is -2.33. The smallest absolute Gasteiger partial charge is 0.123 e. The van der Waals surface area contributed by atoms with Gasteiger partial charge in [-0.05, 0) is 50.1 Å². The highest BCUT2D eigenvalue weighted by atomic mass is 15.2. The quantitative estimate of drug-likeness (QED) is 0.648. The number of amidine groups is 1. The summed E-state index contributed by atoms with van der Waals surface area (Å²) >= 11 is 0. The lowest BCUT2D eigenvalue weighted by atomic mass is 10.0. The largest absolute Gasteiger partial charge is 0.384 e. The monoisotopic (exact) mass is 281 g/mol. The highest BCUT2D eigenvalue weighted by Crippen LogP contribution is 2.35. The fraction of sp³-hybridized carbons (Fsp3) is 0.389. The minimum Gasteiger partial charge on any atom is -0.384 e. The van der Waals surface area contributed by atoms with E-state index < -0.39 is 0 Å². The van der Waals surface area contributed by atoms with Crippen LogP contribution in [0, 0.1) is 11.3 Å². The fourth-order valence-electron chi connectivity index (χ4n) is 2.93. The van der Waals surface area contributed by atoms with Gasteiger partial charge in [0.2, 0.25) is 0 Å². The number of hydrogen-bond acceptors (Lipinski definition) is 2. The molecular formula is C18H23N3. The van der Waals surface area contributed by atoms with E-state index in [1.807, 2.05) is 12.1 Å². The van der Waals surface area contributed by atoms with E-state index >= 15 is 0 Å². The summed E-state index contributed by atoms with van der Waals surface area (Å²) in [6, 6.07) is 12.9. The zero-order valence-corrected chi connectivity index (χ0v) is 12.8. The SMILES string of the molecule is CC(C)N(CC1CC1)c1ccc(C(=N)N)c2ccccc12. The maximum Gasteiger partial charge on any atom is 0.123 e. The van der Waals surface area contributed by atoms with E-state index in [9.17, 15) is 0 Å². The fourth-order valence-corrected chi connectivity index (χ4v) is 2.93. The number of nitrogens with one attached hydrogen (secondary N) is 1. The predicted molar refractivity (Wildman–Crippen MR) is 90.2 cm³/mol. The Morgan fingerprint density at radius 3 is 2.43 bits per heavy atom. The van der Waals surface area contributed by atoms with Crippen molar-refractivity contribution >= 4 is 22.3 Å². The Labute approximate surface area is 126 Å². The van der Waals surface area contributed by atoms with Gasteiger partial charge in [-0.1, -0.05) is 24.3 Å². The number of rotatable bonds is 5. The zero-order chi connectivity index (χ0) is 15.0. The van der Waals surface area contributed by atoms with Crippen LogP contribution in [0.4, 0.5) is 5.69 Å². The van der Waals surface area contributed by atoms with Gasteiger partial charge in [-0.25, -0.2) is 0 Å². The summed E-state index contributed by atoms with van der Waals surface area (Å²) in [5, 5.41) is 10.0. The molecule has 0 heterocycles. The molecular weight excluding hydrogens is 258 g/mol. The molecule has 1 saturated carbocycles. The van der Waals surface area contributed by atoms with Crippen molar-refractivity contribution in [2.24, 2.45) is 11.7 Å². The van der Waals surface area contributed by atoms with Crippen molar-refractivity contribution in [3.8, 4) is 0 Å². The van der Waals surface area contributed by atoms with E-state index in [1.54, 1.807) is 0 Å². The van der Waals surface area contributed by atoms with Gasteiger partial charge in [0, 0.05) is 29.2 Å². The van der Waals surface area contributed by atoms with Crippen LogP contribution in [0.15, 0.2) is 36.4 Å². The molecule has 0 atom stereocenters. The van der Waals surface area contributed by atoms with E-state index in [1.165, 1.54) is 23.9 Å². The topological polar surface area (TPSA) is 53.1 Å². The molecule has 3 nitrogen and oxygen atoms in total. The van der Waals surface area contributed by atoms with Crippen LogP contribution in [0.3, 0.4) is 0 Å². The van der Waals surface area contributed by atoms with Crippen LogP contribution in [0.5, 0.6) is 0 Å². The van der Waals surface area contributed by atoms with Gasteiger partial charge in [0.1, 0.15) is 5.84 Å². The van der Waals surface area contributed by atoms with Crippen molar-refractivity contribution in [2.75, 3.05) is 11.4 Å². The zero-order valence-electron chi connectivity index (χ0n) is 12.8. The van der Waals surface area contributed by atoms with Gasteiger partial charge in [-0.2, -0.15) is 0 Å². The first-order valence-corrected chi connectivity index (χ1v) is 7.70. The lowest BCUT2D eigenvalue weighted by Gasteiger charge is -2.30. The molecule has 0 aromatic heterocycles. The molecule has 1 aliphatic rings. The average molecular weight is 281 g/mol. The molecule has 0 spiro atoms. The van der Waals surface area contributed by atoms with Gasteiger partial charge in [0.25, 0.3) is 0 Å². The second kappa shape index (κ2) is 5.40. The molecule has 3 N–H and O–H groups in total. The van der Waals surface area contributed by atoms with Gasteiger partial charge in [0.15, 0.2) is 0 Å². The highest BCUT2D eigenvalue weighted by Gasteiger charge is 2.26. The van der Waals surface area contributed by atoms with E-state index in [0.717, 1.165) is 23.4 Å². The predicted octanol–water partition coefficient (Wildman–Crippen LogP) is 3.75. The van der Waals surface area contributed by atoms with Crippen LogP contribution in [0.25, 0.3) is 10.8 Å². The van der Waals surface area contributed by atoms with Crippen LogP contribution in [-0.4, -0.2) is 18.4 Å². The van der Waals surface area contributed by atoms with Crippen molar-refractivity contribution in [3.05, 3.63) is 42.0 Å². The van der Waals surface area contributed by atoms with Gasteiger partial charge < -0.3 is 10.6 Å². The van der Waals surface area contributed by atoms with Crippen molar-refractivity contribution in [3.63, 3.8) is 0 Å². The number of fused-ring (bicyclic) bond motifs is 1. The van der Waals surface area contributed by atoms with Gasteiger partial charge in [-0.15, -0.1) is 0 Å². The number of benzene rings is 2. The Morgan fingerprint density at radius 2 is 1.86 bits per heavy atom. The summed E-state index contributed by atoms with van der Waals surface area (Å²) in [6.45, 7) is 5.62. The highest BCUT2D eigenvalue weighted by molar-refractivity contribution is 6.10. The maximum absolute atomic E-state index is 7.77. The Hall–Kier alpha value is -2.03. The van der Waals surface area contributed by atoms with Crippen molar-refractivity contribution in [1.82, 2.24) is 0 Å². The van der Waals surface area contributed by atoms with Gasteiger partial charge in [0.05, 0.1) is 0 Å². The standard InChI is InChI=1S/C18H23N3/c1-12(2)21(11-13-7-8-13)17-10-9-16(18(19)20)14-5-3-4-6-15(14)17/h3-6,9-10,12-13H,7-8,11H2,1-2H3,(H3,19,20). The molecule has 0 bridgehead atoms. The molecule has 2 aromatic rings. The van der Waals surface area contributed by atoms with Crippen LogP contribution < -0.4 is 10.6 Å². The number of nitrogen functional groups attached to an aromatic ring is 1. The molecule has 3 heteroatoms. The van der Waals surface area contributed by atoms with Crippen LogP contribution in [0.2, 0.25) is 0 Å². The molecule has 3 rings (SSSR count). The van der Waals surface area contributed by atoms with E-state index in [-0.39, 0.29) is 5.84 Å². The molecule has 0 saturated heterocycles. The number of nitrogens with zero attached hydrogens (tertiary/aromatic N) is 1. The van der Waals surface area contributed by atoms with Crippen LogP contribution in [-0.2, 0) is 0 Å². The van der Waals surface area contributed by atoms with Crippen molar-refractivity contribution < 1.29 is 0 Å². The number of anilines is 1. The Morgan fingerprint density at radius 1 is 1.19 bits per heavy atom. The van der Waals surface area contributed by atoms with Gasteiger partial charge in [-0.3, -0.25) is 5.41 Å². The summed E-state index contributed by atoms with van der Waals surface area (Å²) in [6.07, 6.45) is 2.71. The first-order valence-electron chi connectivity index (χ1n) is 7.70. The molecule has 21 heavy (non-hydrogen) atoms. The van der Waals surface area contributed by atoms with Crippen LogP contribution in [0.1, 0.15) is 32.3 Å². The summed E-state index contributed by atoms with van der Waals surface area (Å²) < 4.78 is 0. The van der Waals surface area contributed by atoms with E-state index in [4.69, 9.17) is 11.1 Å². The minimum absolute atomic E-state index is 0.135. The average Bonchev–Trinajstić information content (AvgIpc) is 3.27. The van der Waals surface area contributed by atoms with E-state index in [2.05, 4.69) is 43.0 Å². The van der Waals surface area contributed by atoms with E-state index in [0.29, 0.717) is 6.04 Å². The summed E-state index contributed by atoms with van der Waals surface area (Å²) in [5.74, 6) is 0.981. The third-order valence-electron chi connectivity index (χ3n) is 4.28. The Kier molecular flexibility index (Phi) is 3.58. The summed E-state index contributed by atoms with van der Waals surface area (Å²) in [4.78, 5) is 2.49. The first-order chi connectivity index (χ1) is 10.1. The number of nitrogens with two attached hydrogens (primary N) is 1. The molecule has 0 amide bonds. The van der Waals surface area contributed by atoms with Gasteiger partial charge >= 0.3 is 0 Å². The summed E-state index contributed by atoms with van der Waals surface area (Å²) in [5.41, 5.74) is 7.81. The van der Waals surface area contributed by atoms with Crippen molar-refractivity contribution in [1.29, 1.82) is 5.41 Å². The second-order valence-electron chi connectivity index (χ2n) is 6.28. The molecule has 1 aliphatic carbocycles. The Bertz CT molecular complexity index is 671. The molecule has 2 aromatic carbocycles. The first kappa shape index (κ1) is 13.9. The maximum atomic E-state index is 7.77.